The van der Waals surface area contributed by atoms with Gasteiger partial charge >= 0.3 is 0 Å². The summed E-state index contributed by atoms with van der Waals surface area (Å²) in [5.41, 5.74) is 2.18. The van der Waals surface area contributed by atoms with Gasteiger partial charge < -0.3 is 10.2 Å². The molecular weight excluding hydrogens is 300 g/mol. The molecule has 1 aromatic carbocycles. The van der Waals surface area contributed by atoms with Gasteiger partial charge in [-0.1, -0.05) is 45.0 Å². The fourth-order valence-corrected chi connectivity index (χ4v) is 3.78. The number of ketones is 1. The Morgan fingerprint density at radius 2 is 1.92 bits per heavy atom. The molecule has 0 radical (unpaired) electrons. The number of fused-ring (bicyclic) bond motifs is 1. The minimum atomic E-state index is 0.116. The zero-order valence-corrected chi connectivity index (χ0v) is 15.0. The Labute approximate surface area is 144 Å². The number of rotatable bonds is 5. The second kappa shape index (κ2) is 6.67. The van der Waals surface area contributed by atoms with E-state index in [9.17, 15) is 9.59 Å². The van der Waals surface area contributed by atoms with Crippen molar-refractivity contribution in [1.29, 1.82) is 0 Å². The SMILES string of the molecule is CC(C)(C)c1ccc(C(=O)CCCN2C[C@@H]3CC(=O)N[C@@H]3C2)cc1. The number of likely N-dealkylation sites (tertiary alicyclic amines) is 1. The summed E-state index contributed by atoms with van der Waals surface area (Å²) >= 11 is 0. The van der Waals surface area contributed by atoms with Gasteiger partial charge in [0.1, 0.15) is 0 Å². The molecule has 2 atom stereocenters. The lowest BCUT2D eigenvalue weighted by molar-refractivity contribution is -0.119. The Morgan fingerprint density at radius 3 is 2.54 bits per heavy atom. The van der Waals surface area contributed by atoms with Crippen molar-refractivity contribution >= 4 is 11.7 Å². The van der Waals surface area contributed by atoms with E-state index in [1.807, 2.05) is 12.1 Å². The normalized spacial score (nSPS) is 24.0. The molecule has 0 spiro atoms. The Morgan fingerprint density at radius 1 is 1.21 bits per heavy atom. The van der Waals surface area contributed by atoms with Crippen LogP contribution in [0.4, 0.5) is 0 Å². The number of carbonyl (C=O) groups is 2. The zero-order chi connectivity index (χ0) is 17.3. The van der Waals surface area contributed by atoms with Gasteiger partial charge in [-0.3, -0.25) is 9.59 Å². The van der Waals surface area contributed by atoms with E-state index in [-0.39, 0.29) is 17.1 Å². The zero-order valence-electron chi connectivity index (χ0n) is 15.0. The van der Waals surface area contributed by atoms with Gasteiger partial charge in [-0.25, -0.2) is 0 Å². The molecule has 2 fully saturated rings. The summed E-state index contributed by atoms with van der Waals surface area (Å²) in [5, 5.41) is 3.04. The number of nitrogens with one attached hydrogen (secondary N) is 1. The molecule has 130 valence electrons. The molecule has 2 aliphatic heterocycles. The van der Waals surface area contributed by atoms with Crippen LogP contribution in [0.2, 0.25) is 0 Å². The van der Waals surface area contributed by atoms with E-state index in [1.165, 1.54) is 5.56 Å². The molecule has 1 N–H and O–H groups in total. The van der Waals surface area contributed by atoms with Crippen LogP contribution >= 0.6 is 0 Å². The van der Waals surface area contributed by atoms with Crippen molar-refractivity contribution in [2.45, 2.75) is 51.5 Å². The van der Waals surface area contributed by atoms with E-state index in [4.69, 9.17) is 0 Å². The number of hydrogen-bond acceptors (Lipinski definition) is 3. The highest BCUT2D eigenvalue weighted by Crippen LogP contribution is 2.26. The smallest absolute Gasteiger partial charge is 0.220 e. The first-order chi connectivity index (χ1) is 11.3. The van der Waals surface area contributed by atoms with Crippen molar-refractivity contribution in [3.8, 4) is 0 Å². The first-order valence-corrected chi connectivity index (χ1v) is 8.98. The van der Waals surface area contributed by atoms with Gasteiger partial charge in [0.25, 0.3) is 0 Å². The monoisotopic (exact) mass is 328 g/mol. The number of amides is 1. The maximum atomic E-state index is 12.3. The molecule has 1 amide bonds. The predicted octanol–water partition coefficient (Wildman–Crippen LogP) is 2.77. The van der Waals surface area contributed by atoms with Crippen LogP contribution in [-0.2, 0) is 10.2 Å². The van der Waals surface area contributed by atoms with Crippen LogP contribution in [0.1, 0.15) is 56.0 Å². The summed E-state index contributed by atoms with van der Waals surface area (Å²) in [6.07, 6.45) is 2.14. The first-order valence-electron chi connectivity index (χ1n) is 8.98. The summed E-state index contributed by atoms with van der Waals surface area (Å²) in [6, 6.07) is 8.38. The summed E-state index contributed by atoms with van der Waals surface area (Å²) in [4.78, 5) is 26.1. The minimum absolute atomic E-state index is 0.116. The molecule has 4 heteroatoms. The lowest BCUT2D eigenvalue weighted by atomic mass is 9.86. The second-order valence-electron chi connectivity index (χ2n) is 8.25. The van der Waals surface area contributed by atoms with E-state index < -0.39 is 0 Å². The molecule has 2 saturated heterocycles. The van der Waals surface area contributed by atoms with Crippen LogP contribution in [0, 0.1) is 5.92 Å². The highest BCUT2D eigenvalue weighted by atomic mass is 16.2. The topological polar surface area (TPSA) is 49.4 Å². The van der Waals surface area contributed by atoms with Crippen LogP contribution in [0.3, 0.4) is 0 Å². The largest absolute Gasteiger partial charge is 0.352 e. The van der Waals surface area contributed by atoms with Crippen LogP contribution in [0.5, 0.6) is 0 Å². The van der Waals surface area contributed by atoms with Gasteiger partial charge in [0, 0.05) is 43.5 Å². The summed E-state index contributed by atoms with van der Waals surface area (Å²) in [6.45, 7) is 9.39. The third kappa shape index (κ3) is 3.86. The van der Waals surface area contributed by atoms with E-state index in [0.717, 1.165) is 31.6 Å². The fraction of sp³-hybridized carbons (Fsp3) is 0.600. The van der Waals surface area contributed by atoms with Crippen LogP contribution in [0.25, 0.3) is 0 Å². The quantitative estimate of drug-likeness (QED) is 0.846. The van der Waals surface area contributed by atoms with Gasteiger partial charge in [-0.15, -0.1) is 0 Å². The first kappa shape index (κ1) is 17.2. The summed E-state index contributed by atoms with van der Waals surface area (Å²) in [7, 11) is 0. The number of hydrogen-bond donors (Lipinski definition) is 1. The number of nitrogens with zero attached hydrogens (tertiary/aromatic N) is 1. The van der Waals surface area contributed by atoms with Crippen LogP contribution in [-0.4, -0.2) is 42.3 Å². The fourth-order valence-electron chi connectivity index (χ4n) is 3.78. The molecular formula is C20H28N2O2. The van der Waals surface area contributed by atoms with Crippen molar-refractivity contribution in [3.05, 3.63) is 35.4 Å². The maximum absolute atomic E-state index is 12.3. The standard InChI is InChI=1S/C20H28N2O2/c1-20(2,3)16-8-6-14(7-9-16)18(23)5-4-10-22-12-15-11-19(24)21-17(15)13-22/h6-9,15,17H,4-5,10-13H2,1-3H3,(H,21,24)/t15-,17+/m0/s1. The van der Waals surface area contributed by atoms with E-state index >= 15 is 0 Å². The van der Waals surface area contributed by atoms with Crippen molar-refractivity contribution in [2.24, 2.45) is 5.92 Å². The lowest BCUT2D eigenvalue weighted by Crippen LogP contribution is -2.33. The predicted molar refractivity (Wildman–Crippen MR) is 95.2 cm³/mol. The maximum Gasteiger partial charge on any atom is 0.220 e. The third-order valence-electron chi connectivity index (χ3n) is 5.26. The average Bonchev–Trinajstić information content (AvgIpc) is 3.03. The molecule has 0 saturated carbocycles. The average molecular weight is 328 g/mol. The van der Waals surface area contributed by atoms with E-state index in [1.54, 1.807) is 0 Å². The Hall–Kier alpha value is -1.68. The van der Waals surface area contributed by atoms with Gasteiger partial charge in [0.05, 0.1) is 0 Å². The molecule has 0 aliphatic carbocycles. The molecule has 0 bridgehead atoms. The molecule has 4 nitrogen and oxygen atoms in total. The van der Waals surface area contributed by atoms with Crippen molar-refractivity contribution in [1.82, 2.24) is 10.2 Å². The van der Waals surface area contributed by atoms with Crippen LogP contribution < -0.4 is 5.32 Å². The number of carbonyl (C=O) groups excluding carboxylic acids is 2. The third-order valence-corrected chi connectivity index (χ3v) is 5.26. The molecule has 0 aromatic heterocycles. The van der Waals surface area contributed by atoms with E-state index in [2.05, 4.69) is 43.1 Å². The molecule has 3 rings (SSSR count). The number of Topliss-reactive ketones (excluding diaryl/α,β-unsaturated/α-hetero) is 1. The van der Waals surface area contributed by atoms with Gasteiger partial charge in [0.15, 0.2) is 5.78 Å². The lowest BCUT2D eigenvalue weighted by Gasteiger charge is -2.19. The Balaban J connectivity index is 1.44. The van der Waals surface area contributed by atoms with Crippen molar-refractivity contribution in [2.75, 3.05) is 19.6 Å². The van der Waals surface area contributed by atoms with Crippen molar-refractivity contribution in [3.63, 3.8) is 0 Å². The van der Waals surface area contributed by atoms with Gasteiger partial charge in [-0.05, 0) is 23.9 Å². The van der Waals surface area contributed by atoms with Gasteiger partial charge in [-0.2, -0.15) is 0 Å². The Bertz CT molecular complexity index is 600. The second-order valence-corrected chi connectivity index (χ2v) is 8.25. The Kier molecular flexibility index (Phi) is 4.77. The minimum Gasteiger partial charge on any atom is -0.352 e. The molecule has 0 unspecified atom stereocenters. The highest BCUT2D eigenvalue weighted by molar-refractivity contribution is 5.96. The van der Waals surface area contributed by atoms with Crippen molar-refractivity contribution < 1.29 is 9.59 Å². The van der Waals surface area contributed by atoms with Crippen LogP contribution in [0.15, 0.2) is 24.3 Å². The number of benzene rings is 1. The summed E-state index contributed by atoms with van der Waals surface area (Å²) in [5.74, 6) is 0.889. The van der Waals surface area contributed by atoms with E-state index in [0.29, 0.717) is 24.8 Å². The highest BCUT2D eigenvalue weighted by Gasteiger charge is 2.39. The molecule has 2 aliphatic rings. The van der Waals surface area contributed by atoms with Gasteiger partial charge in [0.2, 0.25) is 5.91 Å². The molecule has 1 aromatic rings. The summed E-state index contributed by atoms with van der Waals surface area (Å²) < 4.78 is 0. The molecule has 24 heavy (non-hydrogen) atoms. The molecule has 2 heterocycles.